The zero-order valence-electron chi connectivity index (χ0n) is 11.4. The lowest BCUT2D eigenvalue weighted by Crippen LogP contribution is -2.39. The van der Waals surface area contributed by atoms with Gasteiger partial charge < -0.3 is 15.4 Å². The number of ether oxygens (including phenoxy) is 1. The zero-order valence-corrected chi connectivity index (χ0v) is 11.4. The van der Waals surface area contributed by atoms with E-state index in [-0.39, 0.29) is 0 Å². The first-order valence-corrected chi connectivity index (χ1v) is 6.30. The molecule has 1 rings (SSSR count). The fraction of sp³-hybridized carbons (Fsp3) is 1.00. The summed E-state index contributed by atoms with van der Waals surface area (Å²) in [5.41, 5.74) is 0. The van der Waals surface area contributed by atoms with Gasteiger partial charge in [-0.2, -0.15) is 0 Å². The van der Waals surface area contributed by atoms with Gasteiger partial charge in [0, 0.05) is 26.2 Å². The lowest BCUT2D eigenvalue weighted by Gasteiger charge is -2.26. The first kappa shape index (κ1) is 15.8. The molecule has 4 nitrogen and oxygen atoms in total. The highest BCUT2D eigenvalue weighted by Crippen LogP contribution is 1.94. The molecular formula is C12H29N3O. The van der Waals surface area contributed by atoms with Gasteiger partial charge in [-0.05, 0) is 26.6 Å². The molecule has 0 spiro atoms. The Morgan fingerprint density at radius 3 is 2.12 bits per heavy atom. The van der Waals surface area contributed by atoms with Crippen molar-refractivity contribution in [3.8, 4) is 0 Å². The van der Waals surface area contributed by atoms with Crippen LogP contribution in [-0.4, -0.2) is 64.9 Å². The summed E-state index contributed by atoms with van der Waals surface area (Å²) < 4.78 is 5.22. The van der Waals surface area contributed by atoms with E-state index in [0.29, 0.717) is 0 Å². The predicted molar refractivity (Wildman–Crippen MR) is 70.0 cm³/mol. The Morgan fingerprint density at radius 1 is 1.12 bits per heavy atom. The van der Waals surface area contributed by atoms with E-state index in [2.05, 4.69) is 29.4 Å². The smallest absolute Gasteiger partial charge is 0.0594 e. The van der Waals surface area contributed by atoms with Gasteiger partial charge in [0.15, 0.2) is 0 Å². The minimum Gasteiger partial charge on any atom is -0.379 e. The SMILES string of the molecule is CNCC(C)C.CNCCN1CCOCC1. The molecule has 0 aromatic carbocycles. The highest BCUT2D eigenvalue weighted by atomic mass is 16.5. The predicted octanol–water partition coefficient (Wildman–Crippen LogP) is 0.400. The number of nitrogens with zero attached hydrogens (tertiary/aromatic N) is 1. The molecule has 0 unspecified atom stereocenters. The van der Waals surface area contributed by atoms with E-state index in [9.17, 15) is 0 Å². The molecule has 0 amide bonds. The Labute approximate surface area is 101 Å². The van der Waals surface area contributed by atoms with Crippen LogP contribution in [0.15, 0.2) is 0 Å². The first-order chi connectivity index (χ1) is 7.70. The highest BCUT2D eigenvalue weighted by molar-refractivity contribution is 4.61. The van der Waals surface area contributed by atoms with Gasteiger partial charge >= 0.3 is 0 Å². The van der Waals surface area contributed by atoms with Crippen LogP contribution in [0.4, 0.5) is 0 Å². The van der Waals surface area contributed by atoms with Crippen LogP contribution in [-0.2, 0) is 4.74 Å². The fourth-order valence-electron chi connectivity index (χ4n) is 1.50. The van der Waals surface area contributed by atoms with Crippen molar-refractivity contribution in [2.75, 3.05) is 60.0 Å². The summed E-state index contributed by atoms with van der Waals surface area (Å²) in [4.78, 5) is 2.42. The van der Waals surface area contributed by atoms with Crippen LogP contribution < -0.4 is 10.6 Å². The van der Waals surface area contributed by atoms with Crippen molar-refractivity contribution in [2.45, 2.75) is 13.8 Å². The van der Waals surface area contributed by atoms with Crippen molar-refractivity contribution < 1.29 is 4.74 Å². The topological polar surface area (TPSA) is 36.5 Å². The maximum Gasteiger partial charge on any atom is 0.0594 e. The fourth-order valence-corrected chi connectivity index (χ4v) is 1.50. The van der Waals surface area contributed by atoms with Crippen molar-refractivity contribution in [1.29, 1.82) is 0 Å². The third-order valence-electron chi connectivity index (χ3n) is 2.39. The molecule has 16 heavy (non-hydrogen) atoms. The van der Waals surface area contributed by atoms with E-state index < -0.39 is 0 Å². The molecule has 0 saturated carbocycles. The molecule has 0 radical (unpaired) electrons. The van der Waals surface area contributed by atoms with Crippen molar-refractivity contribution in [1.82, 2.24) is 15.5 Å². The summed E-state index contributed by atoms with van der Waals surface area (Å²) in [6.07, 6.45) is 0. The van der Waals surface area contributed by atoms with E-state index in [1.807, 2.05) is 14.1 Å². The maximum atomic E-state index is 5.22. The standard InChI is InChI=1S/C7H16N2O.C5H13N/c1-8-2-3-9-4-6-10-7-5-9;1-5(2)4-6-3/h8H,2-7H2,1H3;5-6H,4H2,1-3H3. The summed E-state index contributed by atoms with van der Waals surface area (Å²) >= 11 is 0. The van der Waals surface area contributed by atoms with E-state index in [1.165, 1.54) is 0 Å². The second-order valence-electron chi connectivity index (χ2n) is 4.51. The van der Waals surface area contributed by atoms with E-state index in [0.717, 1.165) is 51.9 Å². The molecule has 0 aromatic rings. The van der Waals surface area contributed by atoms with Gasteiger partial charge in [0.05, 0.1) is 13.2 Å². The van der Waals surface area contributed by atoms with E-state index in [1.54, 1.807) is 0 Å². The molecular weight excluding hydrogens is 202 g/mol. The molecule has 1 heterocycles. The van der Waals surface area contributed by atoms with Crippen molar-refractivity contribution in [2.24, 2.45) is 5.92 Å². The molecule has 1 fully saturated rings. The van der Waals surface area contributed by atoms with Gasteiger partial charge in [0.2, 0.25) is 0 Å². The number of rotatable bonds is 5. The number of likely N-dealkylation sites (N-methyl/N-ethyl adjacent to an activating group) is 1. The normalized spacial score (nSPS) is 17.1. The highest BCUT2D eigenvalue weighted by Gasteiger charge is 2.07. The van der Waals surface area contributed by atoms with Crippen LogP contribution in [0.2, 0.25) is 0 Å². The Hall–Kier alpha value is -0.160. The molecule has 98 valence electrons. The molecule has 1 saturated heterocycles. The minimum absolute atomic E-state index is 0.787. The third-order valence-corrected chi connectivity index (χ3v) is 2.39. The van der Waals surface area contributed by atoms with Crippen LogP contribution in [0.1, 0.15) is 13.8 Å². The maximum absolute atomic E-state index is 5.22. The first-order valence-electron chi connectivity index (χ1n) is 6.30. The second-order valence-corrected chi connectivity index (χ2v) is 4.51. The molecule has 0 aromatic heterocycles. The Kier molecular flexibility index (Phi) is 11.2. The molecule has 0 aliphatic carbocycles. The molecule has 1 aliphatic rings. The van der Waals surface area contributed by atoms with Crippen molar-refractivity contribution in [3.63, 3.8) is 0 Å². The summed E-state index contributed by atoms with van der Waals surface area (Å²) in [6.45, 7) is 11.8. The lowest BCUT2D eigenvalue weighted by molar-refractivity contribution is 0.0386. The summed E-state index contributed by atoms with van der Waals surface area (Å²) in [5.74, 6) is 0.787. The van der Waals surface area contributed by atoms with Crippen molar-refractivity contribution >= 4 is 0 Å². The van der Waals surface area contributed by atoms with Gasteiger partial charge in [-0.3, -0.25) is 4.90 Å². The zero-order chi connectivity index (χ0) is 12.2. The van der Waals surface area contributed by atoms with E-state index in [4.69, 9.17) is 4.74 Å². The molecule has 0 atom stereocenters. The number of morpholine rings is 1. The molecule has 1 aliphatic heterocycles. The van der Waals surface area contributed by atoms with Gasteiger partial charge in [-0.15, -0.1) is 0 Å². The second kappa shape index (κ2) is 11.3. The van der Waals surface area contributed by atoms with Crippen LogP contribution in [0.3, 0.4) is 0 Å². The number of hydrogen-bond donors (Lipinski definition) is 2. The number of nitrogens with one attached hydrogen (secondary N) is 2. The van der Waals surface area contributed by atoms with Crippen molar-refractivity contribution in [3.05, 3.63) is 0 Å². The Bertz CT molecular complexity index is 136. The quantitative estimate of drug-likeness (QED) is 0.718. The Balaban J connectivity index is 0.000000325. The van der Waals surface area contributed by atoms with Crippen LogP contribution in [0, 0.1) is 5.92 Å². The van der Waals surface area contributed by atoms with Gasteiger partial charge in [0.25, 0.3) is 0 Å². The van der Waals surface area contributed by atoms with Gasteiger partial charge in [-0.25, -0.2) is 0 Å². The van der Waals surface area contributed by atoms with Crippen LogP contribution in [0.5, 0.6) is 0 Å². The molecule has 4 heteroatoms. The summed E-state index contributed by atoms with van der Waals surface area (Å²) in [5, 5.41) is 6.20. The molecule has 2 N–H and O–H groups in total. The van der Waals surface area contributed by atoms with Crippen LogP contribution in [0.25, 0.3) is 0 Å². The summed E-state index contributed by atoms with van der Waals surface area (Å²) in [6, 6.07) is 0. The van der Waals surface area contributed by atoms with Gasteiger partial charge in [-0.1, -0.05) is 13.8 Å². The minimum atomic E-state index is 0.787. The molecule has 0 bridgehead atoms. The average molecular weight is 231 g/mol. The van der Waals surface area contributed by atoms with E-state index >= 15 is 0 Å². The lowest BCUT2D eigenvalue weighted by atomic mass is 10.2. The summed E-state index contributed by atoms with van der Waals surface area (Å²) in [7, 11) is 3.96. The monoisotopic (exact) mass is 231 g/mol. The third kappa shape index (κ3) is 10.4. The van der Waals surface area contributed by atoms with Crippen LogP contribution >= 0.6 is 0 Å². The number of hydrogen-bond acceptors (Lipinski definition) is 4. The largest absolute Gasteiger partial charge is 0.379 e. The average Bonchev–Trinajstić information content (AvgIpc) is 2.28. The van der Waals surface area contributed by atoms with Gasteiger partial charge in [0.1, 0.15) is 0 Å². The Morgan fingerprint density at radius 2 is 1.75 bits per heavy atom.